The van der Waals surface area contributed by atoms with Crippen molar-refractivity contribution < 1.29 is 4.74 Å². The molecule has 0 saturated carbocycles. The number of rotatable bonds is 4. The zero-order chi connectivity index (χ0) is 13.2. The molecule has 1 atom stereocenters. The van der Waals surface area contributed by atoms with Crippen molar-refractivity contribution in [3.8, 4) is 11.1 Å². The monoisotopic (exact) mass is 257 g/mol. The summed E-state index contributed by atoms with van der Waals surface area (Å²) >= 11 is 0. The molecule has 0 unspecified atom stereocenters. The average Bonchev–Trinajstić information content (AvgIpc) is 2.96. The molecule has 0 amide bonds. The van der Waals surface area contributed by atoms with Crippen molar-refractivity contribution in [1.82, 2.24) is 0 Å². The maximum atomic E-state index is 11.7. The predicted octanol–water partition coefficient (Wildman–Crippen LogP) is 1.54. The molecule has 1 aliphatic rings. The van der Waals surface area contributed by atoms with E-state index >= 15 is 0 Å². The number of nitrogens with one attached hydrogen (secondary N) is 1. The maximum Gasteiger partial charge on any atom is 0.250 e. The molecular weight excluding hydrogens is 242 g/mol. The number of hydrogen-bond acceptors (Lipinski definition) is 4. The Kier molecular flexibility index (Phi) is 3.17. The molecule has 0 spiro atoms. The molecule has 4 nitrogen and oxygen atoms in total. The lowest BCUT2D eigenvalue weighted by molar-refractivity contribution is 0.120. The molecule has 2 aromatic carbocycles. The minimum Gasteiger partial charge on any atom is -0.379 e. The van der Waals surface area contributed by atoms with Gasteiger partial charge in [-0.2, -0.15) is 0 Å². The van der Waals surface area contributed by atoms with Gasteiger partial charge in [0.15, 0.2) is 0 Å². The molecule has 4 heteroatoms. The summed E-state index contributed by atoms with van der Waals surface area (Å²) in [6.45, 7) is 1.37. The molecule has 19 heavy (non-hydrogen) atoms. The standard InChI is InChI=1S/C15H15NO3/c17-14-12(10-5-2-1-3-6-10)13(15(14)18)16-9-11-7-4-8-19-11/h1-3,5-6,11,16H,4,7-9H2/t11-/m0/s1. The first-order valence-electron chi connectivity index (χ1n) is 6.51. The Morgan fingerprint density at radius 1 is 1.16 bits per heavy atom. The summed E-state index contributed by atoms with van der Waals surface area (Å²) in [5, 5.41) is 3.07. The lowest BCUT2D eigenvalue weighted by Crippen LogP contribution is -2.37. The molecule has 0 radical (unpaired) electrons. The number of anilines is 1. The molecule has 1 fully saturated rings. The molecule has 0 aliphatic carbocycles. The van der Waals surface area contributed by atoms with Crippen LogP contribution in [-0.4, -0.2) is 19.3 Å². The Morgan fingerprint density at radius 3 is 2.63 bits per heavy atom. The van der Waals surface area contributed by atoms with Crippen LogP contribution >= 0.6 is 0 Å². The van der Waals surface area contributed by atoms with Crippen LogP contribution in [0.25, 0.3) is 11.1 Å². The van der Waals surface area contributed by atoms with Gasteiger partial charge in [-0.25, -0.2) is 0 Å². The summed E-state index contributed by atoms with van der Waals surface area (Å²) in [7, 11) is 0. The van der Waals surface area contributed by atoms with Gasteiger partial charge in [-0.3, -0.25) is 9.59 Å². The normalized spacial score (nSPS) is 18.8. The van der Waals surface area contributed by atoms with Crippen molar-refractivity contribution in [2.75, 3.05) is 18.5 Å². The first kappa shape index (κ1) is 12.1. The van der Waals surface area contributed by atoms with Crippen LogP contribution in [0.15, 0.2) is 39.9 Å². The Bertz CT molecular complexity index is 635. The van der Waals surface area contributed by atoms with Gasteiger partial charge >= 0.3 is 0 Å². The van der Waals surface area contributed by atoms with Crippen molar-refractivity contribution in [2.24, 2.45) is 0 Å². The molecule has 0 aromatic heterocycles. The first-order valence-corrected chi connectivity index (χ1v) is 6.51. The van der Waals surface area contributed by atoms with Crippen molar-refractivity contribution in [3.05, 3.63) is 50.8 Å². The van der Waals surface area contributed by atoms with Gasteiger partial charge in [0.1, 0.15) is 0 Å². The van der Waals surface area contributed by atoms with E-state index in [2.05, 4.69) is 5.32 Å². The fraction of sp³-hybridized carbons (Fsp3) is 0.333. The van der Waals surface area contributed by atoms with Crippen molar-refractivity contribution in [2.45, 2.75) is 18.9 Å². The van der Waals surface area contributed by atoms with E-state index in [1.807, 2.05) is 30.3 Å². The van der Waals surface area contributed by atoms with Crippen molar-refractivity contribution in [3.63, 3.8) is 0 Å². The Morgan fingerprint density at radius 2 is 1.95 bits per heavy atom. The topological polar surface area (TPSA) is 55.4 Å². The fourth-order valence-electron chi connectivity index (χ4n) is 2.46. The van der Waals surface area contributed by atoms with E-state index in [-0.39, 0.29) is 6.10 Å². The van der Waals surface area contributed by atoms with Crippen LogP contribution in [0.4, 0.5) is 5.69 Å². The second kappa shape index (κ2) is 4.97. The lowest BCUT2D eigenvalue weighted by Gasteiger charge is -2.16. The van der Waals surface area contributed by atoms with E-state index in [9.17, 15) is 9.59 Å². The summed E-state index contributed by atoms with van der Waals surface area (Å²) in [5.74, 6) is 0. The van der Waals surface area contributed by atoms with E-state index in [1.165, 1.54) is 0 Å². The minimum atomic E-state index is -0.420. The molecule has 2 aromatic rings. The van der Waals surface area contributed by atoms with Crippen LogP contribution in [0.5, 0.6) is 0 Å². The summed E-state index contributed by atoms with van der Waals surface area (Å²) < 4.78 is 5.49. The maximum absolute atomic E-state index is 11.7. The third-order valence-corrected chi connectivity index (χ3v) is 3.50. The first-order chi connectivity index (χ1) is 9.27. The molecule has 3 rings (SSSR count). The molecule has 98 valence electrons. The average molecular weight is 257 g/mol. The molecule has 1 heterocycles. The SMILES string of the molecule is O=c1c(NC[C@@H]2CCCO2)c(-c2ccccc2)c1=O. The van der Waals surface area contributed by atoms with Crippen LogP contribution in [0.3, 0.4) is 0 Å². The third-order valence-electron chi connectivity index (χ3n) is 3.50. The van der Waals surface area contributed by atoms with E-state index in [0.717, 1.165) is 25.0 Å². The Balaban J connectivity index is 1.80. The number of benzene rings is 1. The molecule has 0 bridgehead atoms. The summed E-state index contributed by atoms with van der Waals surface area (Å²) in [4.78, 5) is 23.3. The second-order valence-corrected chi connectivity index (χ2v) is 4.79. The number of ether oxygens (including phenoxy) is 1. The Hall–Kier alpha value is -1.94. The van der Waals surface area contributed by atoms with E-state index in [0.29, 0.717) is 17.8 Å². The largest absolute Gasteiger partial charge is 0.379 e. The van der Waals surface area contributed by atoms with Gasteiger partial charge < -0.3 is 10.1 Å². The van der Waals surface area contributed by atoms with Gasteiger partial charge in [-0.05, 0) is 18.4 Å². The minimum absolute atomic E-state index is 0.146. The van der Waals surface area contributed by atoms with Gasteiger partial charge in [-0.15, -0.1) is 0 Å². The van der Waals surface area contributed by atoms with Gasteiger partial charge in [0.2, 0.25) is 10.9 Å². The third kappa shape index (κ3) is 2.19. The second-order valence-electron chi connectivity index (χ2n) is 4.79. The smallest absolute Gasteiger partial charge is 0.250 e. The molecule has 1 N–H and O–H groups in total. The molecule has 1 aliphatic heterocycles. The van der Waals surface area contributed by atoms with Crippen LogP contribution in [0, 0.1) is 0 Å². The quantitative estimate of drug-likeness (QED) is 0.844. The van der Waals surface area contributed by atoms with Gasteiger partial charge in [-0.1, -0.05) is 30.3 Å². The lowest BCUT2D eigenvalue weighted by atomic mass is 9.98. The summed E-state index contributed by atoms with van der Waals surface area (Å²) in [6, 6.07) is 9.28. The zero-order valence-corrected chi connectivity index (χ0v) is 10.5. The van der Waals surface area contributed by atoms with Crippen LogP contribution in [-0.2, 0) is 4.74 Å². The zero-order valence-electron chi connectivity index (χ0n) is 10.5. The van der Waals surface area contributed by atoms with Crippen LogP contribution < -0.4 is 16.2 Å². The Labute approximate surface area is 110 Å². The number of hydrogen-bond donors (Lipinski definition) is 1. The highest BCUT2D eigenvalue weighted by atomic mass is 16.5. The highest BCUT2D eigenvalue weighted by Crippen LogP contribution is 2.23. The van der Waals surface area contributed by atoms with Crippen LogP contribution in [0.1, 0.15) is 12.8 Å². The van der Waals surface area contributed by atoms with Crippen LogP contribution in [0.2, 0.25) is 0 Å². The van der Waals surface area contributed by atoms with E-state index in [4.69, 9.17) is 4.74 Å². The summed E-state index contributed by atoms with van der Waals surface area (Å²) in [5.41, 5.74) is 0.912. The molecular formula is C15H15NO3. The van der Waals surface area contributed by atoms with E-state index < -0.39 is 10.9 Å². The predicted molar refractivity (Wildman–Crippen MR) is 74.3 cm³/mol. The van der Waals surface area contributed by atoms with Gasteiger partial charge in [0, 0.05) is 13.2 Å². The molecule has 1 saturated heterocycles. The fourth-order valence-corrected chi connectivity index (χ4v) is 2.46. The van der Waals surface area contributed by atoms with Gasteiger partial charge in [0.25, 0.3) is 0 Å². The van der Waals surface area contributed by atoms with E-state index in [1.54, 1.807) is 0 Å². The summed E-state index contributed by atoms with van der Waals surface area (Å²) in [6.07, 6.45) is 2.21. The van der Waals surface area contributed by atoms with Gasteiger partial charge in [0.05, 0.1) is 17.4 Å². The van der Waals surface area contributed by atoms with Crippen molar-refractivity contribution in [1.29, 1.82) is 0 Å². The highest BCUT2D eigenvalue weighted by molar-refractivity contribution is 5.81. The van der Waals surface area contributed by atoms with Crippen molar-refractivity contribution >= 4 is 5.69 Å². The highest BCUT2D eigenvalue weighted by Gasteiger charge is 2.23.